The lowest BCUT2D eigenvalue weighted by Crippen LogP contribution is -2.36. The van der Waals surface area contributed by atoms with E-state index in [9.17, 15) is 13.2 Å². The van der Waals surface area contributed by atoms with Gasteiger partial charge in [0.05, 0.1) is 11.5 Å². The van der Waals surface area contributed by atoms with Crippen LogP contribution in [0.4, 0.5) is 0 Å². The molecule has 0 aromatic rings. The highest BCUT2D eigenvalue weighted by atomic mass is 32.2. The van der Waals surface area contributed by atoms with Crippen LogP contribution in [-0.4, -0.2) is 44.5 Å². The van der Waals surface area contributed by atoms with Gasteiger partial charge in [0.1, 0.15) is 0 Å². The van der Waals surface area contributed by atoms with Crippen molar-refractivity contribution in [1.29, 1.82) is 0 Å². The van der Waals surface area contributed by atoms with Gasteiger partial charge in [0.15, 0.2) is 9.84 Å². The molecule has 100 valence electrons. The third-order valence-electron chi connectivity index (χ3n) is 2.73. The molecule has 0 spiro atoms. The van der Waals surface area contributed by atoms with Crippen LogP contribution in [0.25, 0.3) is 0 Å². The van der Waals surface area contributed by atoms with E-state index in [1.165, 1.54) is 0 Å². The molecule has 2 N–H and O–H groups in total. The molecule has 1 saturated heterocycles. The second kappa shape index (κ2) is 6.35. The molecule has 0 radical (unpaired) electrons. The molecule has 1 aliphatic heterocycles. The summed E-state index contributed by atoms with van der Waals surface area (Å²) in [5, 5.41) is 6.01. The van der Waals surface area contributed by atoms with Gasteiger partial charge in [-0.05, 0) is 19.4 Å². The van der Waals surface area contributed by atoms with Gasteiger partial charge in [0.2, 0.25) is 5.91 Å². The first-order chi connectivity index (χ1) is 7.89. The summed E-state index contributed by atoms with van der Waals surface area (Å²) in [7, 11) is -2.90. The Kier molecular flexibility index (Phi) is 5.39. The standard InChI is InChI=1S/C11H22N2O3S/c1-9(2)12-6-3-4-11(14)13-10-5-7-17(15,16)8-10/h9-10,12H,3-8H2,1-2H3,(H,13,14). The third kappa shape index (κ3) is 6.02. The van der Waals surface area contributed by atoms with Gasteiger partial charge in [-0.1, -0.05) is 13.8 Å². The molecule has 1 aliphatic rings. The molecule has 1 amide bonds. The fourth-order valence-electron chi connectivity index (χ4n) is 1.85. The molecule has 1 heterocycles. The summed E-state index contributed by atoms with van der Waals surface area (Å²) in [5.41, 5.74) is 0. The second-order valence-electron chi connectivity index (χ2n) is 4.88. The Balaban J connectivity index is 2.14. The van der Waals surface area contributed by atoms with Crippen LogP contribution in [0, 0.1) is 0 Å². The van der Waals surface area contributed by atoms with Crippen LogP contribution in [0.5, 0.6) is 0 Å². The summed E-state index contributed by atoms with van der Waals surface area (Å²) in [6, 6.07) is 0.253. The van der Waals surface area contributed by atoms with Gasteiger partial charge in [0, 0.05) is 18.5 Å². The second-order valence-corrected chi connectivity index (χ2v) is 7.11. The number of hydrogen-bond donors (Lipinski definition) is 2. The highest BCUT2D eigenvalue weighted by molar-refractivity contribution is 7.91. The van der Waals surface area contributed by atoms with E-state index in [0.29, 0.717) is 18.9 Å². The Morgan fingerprint density at radius 2 is 2.12 bits per heavy atom. The predicted octanol–water partition coefficient (Wildman–Crippen LogP) is 0.0679. The van der Waals surface area contributed by atoms with Gasteiger partial charge in [-0.25, -0.2) is 8.42 Å². The molecule has 1 fully saturated rings. The summed E-state index contributed by atoms with van der Waals surface area (Å²) in [4.78, 5) is 11.5. The maximum Gasteiger partial charge on any atom is 0.220 e. The first kappa shape index (κ1) is 14.4. The van der Waals surface area contributed by atoms with Crippen LogP contribution in [0.15, 0.2) is 0 Å². The van der Waals surface area contributed by atoms with Crippen molar-refractivity contribution in [1.82, 2.24) is 10.6 Å². The number of hydrogen-bond acceptors (Lipinski definition) is 4. The molecular weight excluding hydrogens is 240 g/mol. The highest BCUT2D eigenvalue weighted by Crippen LogP contribution is 2.11. The molecule has 1 rings (SSSR count). The molecule has 0 saturated carbocycles. The molecule has 1 atom stereocenters. The van der Waals surface area contributed by atoms with Crippen LogP contribution in [0.3, 0.4) is 0 Å². The van der Waals surface area contributed by atoms with Gasteiger partial charge >= 0.3 is 0 Å². The highest BCUT2D eigenvalue weighted by Gasteiger charge is 2.28. The average molecular weight is 262 g/mol. The molecule has 5 nitrogen and oxygen atoms in total. The Hall–Kier alpha value is -0.620. The zero-order chi connectivity index (χ0) is 12.9. The van der Waals surface area contributed by atoms with Crippen molar-refractivity contribution >= 4 is 15.7 Å². The zero-order valence-corrected chi connectivity index (χ0v) is 11.3. The van der Waals surface area contributed by atoms with Gasteiger partial charge in [-0.3, -0.25) is 4.79 Å². The number of carbonyl (C=O) groups excluding carboxylic acids is 1. The van der Waals surface area contributed by atoms with Crippen molar-refractivity contribution in [3.63, 3.8) is 0 Å². The van der Waals surface area contributed by atoms with E-state index in [1.807, 2.05) is 0 Å². The molecule has 1 unspecified atom stereocenters. The normalized spacial score (nSPS) is 22.9. The van der Waals surface area contributed by atoms with Crippen LogP contribution in [0.2, 0.25) is 0 Å². The van der Waals surface area contributed by atoms with Gasteiger partial charge < -0.3 is 10.6 Å². The fraction of sp³-hybridized carbons (Fsp3) is 0.909. The zero-order valence-electron chi connectivity index (χ0n) is 10.5. The van der Waals surface area contributed by atoms with Crippen molar-refractivity contribution in [2.75, 3.05) is 18.1 Å². The quantitative estimate of drug-likeness (QED) is 0.664. The van der Waals surface area contributed by atoms with E-state index < -0.39 is 9.84 Å². The van der Waals surface area contributed by atoms with Crippen molar-refractivity contribution in [3.05, 3.63) is 0 Å². The molecular formula is C11H22N2O3S. The topological polar surface area (TPSA) is 75.3 Å². The molecule has 0 bridgehead atoms. The van der Waals surface area contributed by atoms with E-state index in [0.717, 1.165) is 13.0 Å². The van der Waals surface area contributed by atoms with Gasteiger partial charge in [0.25, 0.3) is 0 Å². The minimum Gasteiger partial charge on any atom is -0.352 e. The number of nitrogens with one attached hydrogen (secondary N) is 2. The maximum atomic E-state index is 11.5. The van der Waals surface area contributed by atoms with E-state index in [1.54, 1.807) is 0 Å². The van der Waals surface area contributed by atoms with Crippen LogP contribution in [-0.2, 0) is 14.6 Å². The molecule has 0 aliphatic carbocycles. The largest absolute Gasteiger partial charge is 0.352 e. The summed E-state index contributed by atoms with van der Waals surface area (Å²) in [6.07, 6.45) is 1.79. The minimum atomic E-state index is -2.90. The molecule has 0 aromatic heterocycles. The SMILES string of the molecule is CC(C)NCCCC(=O)NC1CCS(=O)(=O)C1. The fourth-order valence-corrected chi connectivity index (χ4v) is 3.52. The summed E-state index contributed by atoms with van der Waals surface area (Å²) in [5.74, 6) is 0.258. The van der Waals surface area contributed by atoms with Crippen molar-refractivity contribution in [2.45, 2.75) is 45.2 Å². The van der Waals surface area contributed by atoms with E-state index in [-0.39, 0.29) is 23.5 Å². The van der Waals surface area contributed by atoms with Crippen LogP contribution >= 0.6 is 0 Å². The minimum absolute atomic E-state index is 0.0438. The lowest BCUT2D eigenvalue weighted by molar-refractivity contribution is -0.121. The Labute approximate surface area is 103 Å². The average Bonchev–Trinajstić information content (AvgIpc) is 2.52. The van der Waals surface area contributed by atoms with Gasteiger partial charge in [-0.2, -0.15) is 0 Å². The summed E-state index contributed by atoms with van der Waals surface area (Å²) < 4.78 is 22.4. The Morgan fingerprint density at radius 1 is 1.41 bits per heavy atom. The van der Waals surface area contributed by atoms with Crippen molar-refractivity contribution in [3.8, 4) is 0 Å². The first-order valence-electron chi connectivity index (χ1n) is 6.12. The molecule has 6 heteroatoms. The van der Waals surface area contributed by atoms with E-state index >= 15 is 0 Å². The number of rotatable bonds is 6. The maximum absolute atomic E-state index is 11.5. The van der Waals surface area contributed by atoms with E-state index in [4.69, 9.17) is 0 Å². The Morgan fingerprint density at radius 3 is 2.65 bits per heavy atom. The lowest BCUT2D eigenvalue weighted by atomic mass is 10.2. The van der Waals surface area contributed by atoms with E-state index in [2.05, 4.69) is 24.5 Å². The Bertz CT molecular complexity index is 352. The van der Waals surface area contributed by atoms with Crippen LogP contribution < -0.4 is 10.6 Å². The number of sulfone groups is 1. The smallest absolute Gasteiger partial charge is 0.220 e. The van der Waals surface area contributed by atoms with Crippen molar-refractivity contribution < 1.29 is 13.2 Å². The van der Waals surface area contributed by atoms with Gasteiger partial charge in [-0.15, -0.1) is 0 Å². The number of carbonyl (C=O) groups is 1. The number of amides is 1. The monoisotopic (exact) mass is 262 g/mol. The third-order valence-corrected chi connectivity index (χ3v) is 4.50. The predicted molar refractivity (Wildman–Crippen MR) is 67.6 cm³/mol. The van der Waals surface area contributed by atoms with Crippen LogP contribution in [0.1, 0.15) is 33.1 Å². The summed E-state index contributed by atoms with van der Waals surface area (Å²) in [6.45, 7) is 4.93. The first-order valence-corrected chi connectivity index (χ1v) is 7.94. The molecule has 0 aromatic carbocycles. The van der Waals surface area contributed by atoms with Crippen molar-refractivity contribution in [2.24, 2.45) is 0 Å². The lowest BCUT2D eigenvalue weighted by Gasteiger charge is -2.11. The summed E-state index contributed by atoms with van der Waals surface area (Å²) >= 11 is 0. The molecule has 17 heavy (non-hydrogen) atoms.